The minimum atomic E-state index is -0.866. The van der Waals surface area contributed by atoms with Gasteiger partial charge in [-0.1, -0.05) is 57.4 Å². The van der Waals surface area contributed by atoms with Gasteiger partial charge in [0.1, 0.15) is 5.75 Å². The summed E-state index contributed by atoms with van der Waals surface area (Å²) in [6.45, 7) is 6.47. The SMILES string of the molecule is CCc1cc(C=C(C)c2ccc(OC)c(C3(C)CCCCC3)c2)ccc1C(=O)O. The molecule has 29 heavy (non-hydrogen) atoms. The van der Waals surface area contributed by atoms with Crippen LogP contribution in [0.2, 0.25) is 0 Å². The molecule has 154 valence electrons. The number of hydrogen-bond donors (Lipinski definition) is 1. The average molecular weight is 393 g/mol. The minimum absolute atomic E-state index is 0.165. The van der Waals surface area contributed by atoms with Crippen molar-refractivity contribution in [1.82, 2.24) is 0 Å². The Morgan fingerprint density at radius 3 is 2.48 bits per heavy atom. The standard InChI is InChI=1S/C26H32O3/c1-5-20-16-19(9-11-22(20)25(27)28)15-18(2)21-10-12-24(29-4)23(17-21)26(3)13-7-6-8-14-26/h9-12,15-17H,5-8,13-14H2,1-4H3,(H,27,28). The van der Waals surface area contributed by atoms with Crippen molar-refractivity contribution in [3.63, 3.8) is 0 Å². The number of allylic oxidation sites excluding steroid dienone is 1. The Hall–Kier alpha value is -2.55. The molecular formula is C26H32O3. The van der Waals surface area contributed by atoms with E-state index in [-0.39, 0.29) is 5.41 Å². The Morgan fingerprint density at radius 1 is 1.14 bits per heavy atom. The maximum absolute atomic E-state index is 11.4. The summed E-state index contributed by atoms with van der Waals surface area (Å²) < 4.78 is 5.71. The molecule has 0 radical (unpaired) electrons. The van der Waals surface area contributed by atoms with E-state index < -0.39 is 5.97 Å². The first kappa shape index (κ1) is 21.2. The first-order chi connectivity index (χ1) is 13.9. The normalized spacial score (nSPS) is 16.5. The van der Waals surface area contributed by atoms with Crippen molar-refractivity contribution < 1.29 is 14.6 Å². The van der Waals surface area contributed by atoms with E-state index >= 15 is 0 Å². The van der Waals surface area contributed by atoms with Crippen LogP contribution in [0.1, 0.15) is 85.5 Å². The number of aryl methyl sites for hydroxylation is 1. The molecule has 0 saturated heterocycles. The van der Waals surface area contributed by atoms with Gasteiger partial charge in [0.05, 0.1) is 12.7 Å². The van der Waals surface area contributed by atoms with Crippen molar-refractivity contribution in [2.24, 2.45) is 0 Å². The number of rotatable bonds is 6. The third kappa shape index (κ3) is 4.55. The summed E-state index contributed by atoms with van der Waals surface area (Å²) in [6, 6.07) is 12.1. The molecule has 0 amide bonds. The van der Waals surface area contributed by atoms with E-state index in [1.54, 1.807) is 13.2 Å². The molecular weight excluding hydrogens is 360 g/mol. The molecule has 1 aliphatic carbocycles. The highest BCUT2D eigenvalue weighted by Gasteiger charge is 2.31. The lowest BCUT2D eigenvalue weighted by molar-refractivity contribution is 0.0695. The molecule has 1 fully saturated rings. The van der Waals surface area contributed by atoms with Crippen LogP contribution in [0.15, 0.2) is 36.4 Å². The molecule has 0 heterocycles. The molecule has 0 aliphatic heterocycles. The van der Waals surface area contributed by atoms with Gasteiger partial charge in [0.15, 0.2) is 0 Å². The smallest absolute Gasteiger partial charge is 0.335 e. The van der Waals surface area contributed by atoms with Gasteiger partial charge >= 0.3 is 5.97 Å². The molecule has 0 atom stereocenters. The van der Waals surface area contributed by atoms with Gasteiger partial charge in [0.2, 0.25) is 0 Å². The number of carbonyl (C=O) groups is 1. The van der Waals surface area contributed by atoms with Crippen LogP contribution < -0.4 is 4.74 Å². The van der Waals surface area contributed by atoms with Gasteiger partial charge in [0, 0.05) is 5.56 Å². The lowest BCUT2D eigenvalue weighted by atomic mass is 9.70. The van der Waals surface area contributed by atoms with Crippen LogP contribution in [0.4, 0.5) is 0 Å². The quantitative estimate of drug-likeness (QED) is 0.554. The number of hydrogen-bond acceptors (Lipinski definition) is 2. The molecule has 0 spiro atoms. The molecule has 1 aliphatic rings. The number of methoxy groups -OCH3 is 1. The monoisotopic (exact) mass is 392 g/mol. The summed E-state index contributed by atoms with van der Waals surface area (Å²) in [6.07, 6.45) is 9.11. The number of aromatic carboxylic acids is 1. The van der Waals surface area contributed by atoms with Crippen LogP contribution >= 0.6 is 0 Å². The van der Waals surface area contributed by atoms with Crippen molar-refractivity contribution in [2.45, 2.75) is 64.7 Å². The van der Waals surface area contributed by atoms with Gasteiger partial charge in [-0.05, 0) is 72.1 Å². The molecule has 2 aromatic rings. The van der Waals surface area contributed by atoms with Gasteiger partial charge in [-0.3, -0.25) is 0 Å². The van der Waals surface area contributed by atoms with Gasteiger partial charge < -0.3 is 9.84 Å². The minimum Gasteiger partial charge on any atom is -0.496 e. The molecule has 0 bridgehead atoms. The van der Waals surface area contributed by atoms with Crippen LogP contribution in [0.3, 0.4) is 0 Å². The summed E-state index contributed by atoms with van der Waals surface area (Å²) in [5, 5.41) is 9.35. The Morgan fingerprint density at radius 2 is 1.86 bits per heavy atom. The van der Waals surface area contributed by atoms with Crippen LogP contribution in [0.25, 0.3) is 11.6 Å². The summed E-state index contributed by atoms with van der Waals surface area (Å²) in [5.41, 5.74) is 6.11. The lowest BCUT2D eigenvalue weighted by Crippen LogP contribution is -2.25. The fourth-order valence-corrected chi connectivity index (χ4v) is 4.56. The lowest BCUT2D eigenvalue weighted by Gasteiger charge is -2.35. The highest BCUT2D eigenvalue weighted by molar-refractivity contribution is 5.90. The first-order valence-corrected chi connectivity index (χ1v) is 10.6. The zero-order valence-corrected chi connectivity index (χ0v) is 18.0. The fraction of sp³-hybridized carbons (Fsp3) is 0.423. The average Bonchev–Trinajstić information content (AvgIpc) is 2.73. The predicted molar refractivity (Wildman–Crippen MR) is 120 cm³/mol. The highest BCUT2D eigenvalue weighted by atomic mass is 16.5. The topological polar surface area (TPSA) is 46.5 Å². The predicted octanol–water partition coefficient (Wildman–Crippen LogP) is 6.74. The van der Waals surface area contributed by atoms with Crippen LogP contribution in [0, 0.1) is 0 Å². The highest BCUT2D eigenvalue weighted by Crippen LogP contribution is 2.43. The number of ether oxygens (including phenoxy) is 1. The van der Waals surface area contributed by atoms with E-state index in [0.29, 0.717) is 12.0 Å². The van der Waals surface area contributed by atoms with Crippen LogP contribution in [0.5, 0.6) is 5.75 Å². The Bertz CT molecular complexity index is 918. The molecule has 3 heteroatoms. The van der Waals surface area contributed by atoms with E-state index in [4.69, 9.17) is 4.74 Å². The molecule has 0 aromatic heterocycles. The number of carboxylic acid groups (broad SMARTS) is 1. The molecule has 2 aromatic carbocycles. The van der Waals surface area contributed by atoms with Crippen molar-refractivity contribution in [3.8, 4) is 5.75 Å². The Balaban J connectivity index is 1.98. The molecule has 0 unspecified atom stereocenters. The molecule has 1 N–H and O–H groups in total. The first-order valence-electron chi connectivity index (χ1n) is 10.6. The molecule has 1 saturated carbocycles. The van der Waals surface area contributed by atoms with Crippen molar-refractivity contribution in [2.75, 3.05) is 7.11 Å². The van der Waals surface area contributed by atoms with Crippen molar-refractivity contribution in [3.05, 3.63) is 64.2 Å². The van der Waals surface area contributed by atoms with E-state index in [9.17, 15) is 9.90 Å². The van der Waals surface area contributed by atoms with Gasteiger partial charge in [0.25, 0.3) is 0 Å². The summed E-state index contributed by atoms with van der Waals surface area (Å²) >= 11 is 0. The van der Waals surface area contributed by atoms with E-state index in [0.717, 1.165) is 16.9 Å². The zero-order chi connectivity index (χ0) is 21.0. The fourth-order valence-electron chi connectivity index (χ4n) is 4.56. The second kappa shape index (κ2) is 8.86. The van der Waals surface area contributed by atoms with Crippen LogP contribution in [-0.4, -0.2) is 18.2 Å². The Kier molecular flexibility index (Phi) is 6.46. The summed E-state index contributed by atoms with van der Waals surface area (Å²) in [5.74, 6) is 0.111. The van der Waals surface area contributed by atoms with E-state index in [1.165, 1.54) is 48.8 Å². The van der Waals surface area contributed by atoms with Gasteiger partial charge in [-0.25, -0.2) is 4.79 Å². The second-order valence-electron chi connectivity index (χ2n) is 8.44. The largest absolute Gasteiger partial charge is 0.496 e. The van der Waals surface area contributed by atoms with Crippen LogP contribution in [-0.2, 0) is 11.8 Å². The zero-order valence-electron chi connectivity index (χ0n) is 18.0. The van der Waals surface area contributed by atoms with Gasteiger partial charge in [-0.2, -0.15) is 0 Å². The second-order valence-corrected chi connectivity index (χ2v) is 8.44. The molecule has 3 nitrogen and oxygen atoms in total. The summed E-state index contributed by atoms with van der Waals surface area (Å²) in [7, 11) is 1.75. The number of carboxylic acids is 1. The van der Waals surface area contributed by atoms with E-state index in [2.05, 4.69) is 38.1 Å². The summed E-state index contributed by atoms with van der Waals surface area (Å²) in [4.78, 5) is 11.4. The number of benzene rings is 2. The molecule has 3 rings (SSSR count). The maximum Gasteiger partial charge on any atom is 0.335 e. The Labute approximate surface area is 174 Å². The van der Waals surface area contributed by atoms with Gasteiger partial charge in [-0.15, -0.1) is 0 Å². The van der Waals surface area contributed by atoms with Crippen molar-refractivity contribution >= 4 is 17.6 Å². The van der Waals surface area contributed by atoms with E-state index in [1.807, 2.05) is 19.1 Å². The third-order valence-electron chi connectivity index (χ3n) is 6.39. The third-order valence-corrected chi connectivity index (χ3v) is 6.39. The maximum atomic E-state index is 11.4. The van der Waals surface area contributed by atoms with Crippen molar-refractivity contribution in [1.29, 1.82) is 0 Å².